The number of ether oxygens (including phenoxy) is 1. The molecule has 1 saturated carbocycles. The van der Waals surface area contributed by atoms with Gasteiger partial charge < -0.3 is 10.1 Å². The van der Waals surface area contributed by atoms with E-state index in [-0.39, 0.29) is 36.4 Å². The van der Waals surface area contributed by atoms with Gasteiger partial charge >= 0.3 is 0 Å². The lowest BCUT2D eigenvalue weighted by atomic mass is 9.87. The fourth-order valence-electron chi connectivity index (χ4n) is 5.44. The zero-order chi connectivity index (χ0) is 28.2. The molecule has 1 N–H and O–H groups in total. The lowest BCUT2D eigenvalue weighted by Crippen LogP contribution is -2.60. The van der Waals surface area contributed by atoms with E-state index in [1.807, 2.05) is 44.2 Å². The average molecular weight is 532 g/mol. The molecular weight excluding hydrogens is 490 g/mol. The van der Waals surface area contributed by atoms with Crippen molar-refractivity contribution in [3.05, 3.63) is 59.9 Å². The summed E-state index contributed by atoms with van der Waals surface area (Å²) in [6.45, 7) is 10.5. The highest BCUT2D eigenvalue weighted by Crippen LogP contribution is 2.33. The van der Waals surface area contributed by atoms with Crippen LogP contribution in [-0.2, 0) is 19.7 Å². The summed E-state index contributed by atoms with van der Waals surface area (Å²) in [5.41, 5.74) is 1.68. The van der Waals surface area contributed by atoms with Gasteiger partial charge in [0.05, 0.1) is 18.8 Å². The van der Waals surface area contributed by atoms with Crippen molar-refractivity contribution in [2.24, 2.45) is 0 Å². The van der Waals surface area contributed by atoms with Crippen LogP contribution in [-0.4, -0.2) is 52.5 Å². The van der Waals surface area contributed by atoms with Crippen molar-refractivity contribution in [1.82, 2.24) is 15.2 Å². The number of benzene rings is 1. The second kappa shape index (κ2) is 11.7. The fourth-order valence-corrected chi connectivity index (χ4v) is 5.44. The van der Waals surface area contributed by atoms with Crippen molar-refractivity contribution >= 4 is 17.5 Å². The van der Waals surface area contributed by atoms with Crippen LogP contribution in [0.5, 0.6) is 0 Å². The Hall–Kier alpha value is -3.44. The van der Waals surface area contributed by atoms with Crippen molar-refractivity contribution < 1.29 is 14.3 Å². The number of aromatic nitrogens is 1. The van der Waals surface area contributed by atoms with Crippen molar-refractivity contribution in [2.45, 2.75) is 95.9 Å². The molecule has 0 radical (unpaired) electrons. The summed E-state index contributed by atoms with van der Waals surface area (Å²) in [5, 5.41) is 13.2. The number of nitriles is 1. The van der Waals surface area contributed by atoms with Gasteiger partial charge in [-0.2, -0.15) is 5.26 Å². The Labute approximate surface area is 232 Å². The molecule has 2 fully saturated rings. The van der Waals surface area contributed by atoms with Crippen LogP contribution in [0.3, 0.4) is 0 Å². The zero-order valence-corrected chi connectivity index (χ0v) is 23.8. The number of amides is 2. The van der Waals surface area contributed by atoms with Crippen LogP contribution < -0.4 is 10.2 Å². The van der Waals surface area contributed by atoms with E-state index < -0.39 is 17.7 Å². The standard InChI is InChI=1S/C31H41N5O3/c1-30(2,3)23-13-15-25(16-14-23)36(29(38)26-19-39-31(4,5)20-35(26)21-32)27(22-10-9-17-33-18-22)28(37)34-24-11-7-6-8-12-24/h9-10,13-18,24,26-27H,6-8,11-12,19-20H2,1-5H3,(H,34,37)/t26-,27?/m1/s1. The van der Waals surface area contributed by atoms with Crippen LogP contribution in [0.25, 0.3) is 0 Å². The first-order valence-electron chi connectivity index (χ1n) is 13.9. The molecule has 1 unspecified atom stereocenters. The second-order valence-electron chi connectivity index (χ2n) is 12.4. The molecule has 8 nitrogen and oxygen atoms in total. The number of pyridine rings is 1. The van der Waals surface area contributed by atoms with Gasteiger partial charge in [0.1, 0.15) is 12.1 Å². The molecule has 0 spiro atoms. The van der Waals surface area contributed by atoms with Gasteiger partial charge in [0, 0.05) is 29.7 Å². The number of hydrogen-bond acceptors (Lipinski definition) is 6. The number of nitrogens with one attached hydrogen (secondary N) is 1. The summed E-state index contributed by atoms with van der Waals surface area (Å²) in [6.07, 6.45) is 10.7. The number of nitrogens with zero attached hydrogens (tertiary/aromatic N) is 4. The molecule has 2 aliphatic rings. The Balaban J connectivity index is 1.78. The maximum Gasteiger partial charge on any atom is 0.253 e. The van der Waals surface area contributed by atoms with Gasteiger partial charge in [-0.15, -0.1) is 0 Å². The predicted molar refractivity (Wildman–Crippen MR) is 151 cm³/mol. The summed E-state index contributed by atoms with van der Waals surface area (Å²) in [7, 11) is 0. The highest BCUT2D eigenvalue weighted by atomic mass is 16.5. The number of morpholine rings is 1. The predicted octanol–water partition coefficient (Wildman–Crippen LogP) is 4.86. The monoisotopic (exact) mass is 531 g/mol. The molecule has 1 aromatic heterocycles. The van der Waals surface area contributed by atoms with E-state index in [9.17, 15) is 14.9 Å². The molecule has 1 aromatic carbocycles. The van der Waals surface area contributed by atoms with Crippen LogP contribution in [0, 0.1) is 11.5 Å². The van der Waals surface area contributed by atoms with E-state index in [4.69, 9.17) is 4.74 Å². The molecule has 8 heteroatoms. The summed E-state index contributed by atoms with van der Waals surface area (Å²) in [4.78, 5) is 35.8. The van der Waals surface area contributed by atoms with E-state index in [2.05, 4.69) is 37.3 Å². The molecule has 2 aromatic rings. The van der Waals surface area contributed by atoms with Crippen LogP contribution in [0.2, 0.25) is 0 Å². The first-order chi connectivity index (χ1) is 18.5. The first-order valence-corrected chi connectivity index (χ1v) is 13.9. The summed E-state index contributed by atoms with van der Waals surface area (Å²) in [6, 6.07) is 9.63. The minimum atomic E-state index is -0.955. The molecule has 208 valence electrons. The van der Waals surface area contributed by atoms with Crippen LogP contribution in [0.1, 0.15) is 83.9 Å². The van der Waals surface area contributed by atoms with Crippen molar-refractivity contribution in [2.75, 3.05) is 18.1 Å². The van der Waals surface area contributed by atoms with Crippen molar-refractivity contribution in [3.8, 4) is 6.19 Å². The largest absolute Gasteiger partial charge is 0.371 e. The molecule has 1 aliphatic carbocycles. The molecule has 1 aliphatic heterocycles. The minimum absolute atomic E-state index is 0.0555. The Morgan fingerprint density at radius 1 is 1.15 bits per heavy atom. The van der Waals surface area contributed by atoms with Gasteiger partial charge in [-0.1, -0.05) is 58.2 Å². The molecule has 39 heavy (non-hydrogen) atoms. The Bertz CT molecular complexity index is 1180. The maximum atomic E-state index is 14.4. The zero-order valence-electron chi connectivity index (χ0n) is 23.8. The third kappa shape index (κ3) is 6.77. The van der Waals surface area contributed by atoms with Gasteiger partial charge in [0.15, 0.2) is 6.19 Å². The number of carbonyl (C=O) groups excluding carboxylic acids is 2. The average Bonchev–Trinajstić information content (AvgIpc) is 2.91. The van der Waals surface area contributed by atoms with E-state index in [0.29, 0.717) is 11.3 Å². The highest BCUT2D eigenvalue weighted by Gasteiger charge is 2.43. The summed E-state index contributed by atoms with van der Waals surface area (Å²) >= 11 is 0. The molecule has 0 bridgehead atoms. The molecule has 1 saturated heterocycles. The molecule has 2 amide bonds. The quantitative estimate of drug-likeness (QED) is 0.535. The highest BCUT2D eigenvalue weighted by molar-refractivity contribution is 6.04. The number of anilines is 1. The topological polar surface area (TPSA) is 98.6 Å². The lowest BCUT2D eigenvalue weighted by Gasteiger charge is -2.43. The van der Waals surface area contributed by atoms with E-state index in [1.165, 1.54) is 16.2 Å². The van der Waals surface area contributed by atoms with Crippen LogP contribution >= 0.6 is 0 Å². The molecule has 4 rings (SSSR count). The van der Waals surface area contributed by atoms with Gasteiger partial charge in [0.2, 0.25) is 5.91 Å². The summed E-state index contributed by atoms with van der Waals surface area (Å²) < 4.78 is 6.00. The molecule has 2 atom stereocenters. The van der Waals surface area contributed by atoms with Gasteiger partial charge in [-0.25, -0.2) is 0 Å². The lowest BCUT2D eigenvalue weighted by molar-refractivity contribution is -0.141. The molecule has 2 heterocycles. The maximum absolute atomic E-state index is 14.4. The van der Waals surface area contributed by atoms with Gasteiger partial charge in [-0.3, -0.25) is 24.4 Å². The van der Waals surface area contributed by atoms with Gasteiger partial charge in [0.25, 0.3) is 5.91 Å². The fraction of sp³-hybridized carbons (Fsp3) is 0.548. The van der Waals surface area contributed by atoms with E-state index in [1.54, 1.807) is 18.5 Å². The molecular formula is C31H41N5O3. The van der Waals surface area contributed by atoms with Crippen molar-refractivity contribution in [1.29, 1.82) is 5.26 Å². The Morgan fingerprint density at radius 2 is 1.85 bits per heavy atom. The van der Waals surface area contributed by atoms with E-state index >= 15 is 0 Å². The smallest absolute Gasteiger partial charge is 0.253 e. The van der Waals surface area contributed by atoms with E-state index in [0.717, 1.165) is 31.2 Å². The third-order valence-corrected chi connectivity index (χ3v) is 7.68. The second-order valence-corrected chi connectivity index (χ2v) is 12.4. The number of hydrogen-bond donors (Lipinski definition) is 1. The normalized spacial score (nSPS) is 20.5. The Kier molecular flexibility index (Phi) is 8.60. The SMILES string of the molecule is CC1(C)CN(C#N)[C@@H](C(=O)N(c2ccc(C(C)(C)C)cc2)C(C(=O)NC2CCCCC2)c2cccnc2)CO1. The Morgan fingerprint density at radius 3 is 2.44 bits per heavy atom. The summed E-state index contributed by atoms with van der Waals surface area (Å²) in [5.74, 6) is -0.605. The van der Waals surface area contributed by atoms with Crippen LogP contribution in [0.15, 0.2) is 48.8 Å². The number of rotatable bonds is 6. The number of carbonyl (C=O) groups is 2. The van der Waals surface area contributed by atoms with Crippen molar-refractivity contribution in [3.63, 3.8) is 0 Å². The minimum Gasteiger partial charge on any atom is -0.371 e. The first kappa shape index (κ1) is 28.6. The third-order valence-electron chi connectivity index (χ3n) is 7.68. The van der Waals surface area contributed by atoms with Gasteiger partial charge in [-0.05, 0) is 55.9 Å². The van der Waals surface area contributed by atoms with Crippen LogP contribution in [0.4, 0.5) is 5.69 Å².